The van der Waals surface area contributed by atoms with Crippen molar-refractivity contribution >= 4 is 28.4 Å². The van der Waals surface area contributed by atoms with Gasteiger partial charge in [0.2, 0.25) is 0 Å². The third-order valence-corrected chi connectivity index (χ3v) is 6.98. The van der Waals surface area contributed by atoms with Crippen LogP contribution in [0.3, 0.4) is 0 Å². The van der Waals surface area contributed by atoms with Gasteiger partial charge in [-0.3, -0.25) is 9.59 Å². The first-order valence-corrected chi connectivity index (χ1v) is 11.1. The van der Waals surface area contributed by atoms with E-state index >= 15 is 0 Å². The number of carbonyl (C=O) groups is 1. The minimum atomic E-state index is -2.69. The molecule has 8 nitrogen and oxygen atoms in total. The van der Waals surface area contributed by atoms with Crippen LogP contribution in [-0.2, 0) is 7.05 Å². The lowest BCUT2D eigenvalue weighted by Gasteiger charge is -2.32. The Hall–Kier alpha value is -3.43. The second-order valence-corrected chi connectivity index (χ2v) is 9.22. The molecule has 10 heteroatoms. The molecule has 2 fully saturated rings. The standard InChI is InChI=1S/C23H22F2N6O2/c1-29-12-28-18-8-15(10-26-19(18)22(29)33)31-11-14-7-16(14)17-6-13(9-27-20(17)31)21(32)30-4-2-23(24,25)3-5-30/h6,8-10,12,14,16H,2-5,7,11H2,1H3. The Morgan fingerprint density at radius 1 is 1.12 bits per heavy atom. The number of amides is 1. The second kappa shape index (κ2) is 7.03. The van der Waals surface area contributed by atoms with E-state index in [1.54, 1.807) is 13.2 Å². The van der Waals surface area contributed by atoms with Gasteiger partial charge in [0, 0.05) is 45.7 Å². The lowest BCUT2D eigenvalue weighted by atomic mass is 10.0. The molecular weight excluding hydrogens is 430 g/mol. The van der Waals surface area contributed by atoms with Crippen molar-refractivity contribution in [3.63, 3.8) is 0 Å². The van der Waals surface area contributed by atoms with E-state index in [0.717, 1.165) is 30.0 Å². The molecule has 1 saturated heterocycles. The summed E-state index contributed by atoms with van der Waals surface area (Å²) in [6.45, 7) is 0.879. The summed E-state index contributed by atoms with van der Waals surface area (Å²) in [6, 6.07) is 3.71. The Bertz CT molecular complexity index is 1350. The van der Waals surface area contributed by atoms with Gasteiger partial charge in [0.05, 0.1) is 29.3 Å². The van der Waals surface area contributed by atoms with E-state index < -0.39 is 5.92 Å². The van der Waals surface area contributed by atoms with Gasteiger partial charge in [0.1, 0.15) is 5.82 Å². The van der Waals surface area contributed by atoms with Crippen LogP contribution in [0.4, 0.5) is 20.3 Å². The Morgan fingerprint density at radius 3 is 2.70 bits per heavy atom. The van der Waals surface area contributed by atoms with Crippen LogP contribution in [0.1, 0.15) is 41.1 Å². The van der Waals surface area contributed by atoms with E-state index in [0.29, 0.717) is 28.4 Å². The van der Waals surface area contributed by atoms with E-state index in [4.69, 9.17) is 0 Å². The van der Waals surface area contributed by atoms with Crippen LogP contribution in [0.5, 0.6) is 0 Å². The molecule has 170 valence electrons. The number of piperidine rings is 1. The molecule has 3 aromatic heterocycles. The fourth-order valence-electron chi connectivity index (χ4n) is 4.91. The number of nitrogens with zero attached hydrogens (tertiary/aromatic N) is 6. The van der Waals surface area contributed by atoms with Gasteiger partial charge in [0.25, 0.3) is 17.4 Å². The molecule has 1 saturated carbocycles. The largest absolute Gasteiger partial charge is 0.338 e. The van der Waals surface area contributed by atoms with Crippen molar-refractivity contribution in [2.45, 2.75) is 31.1 Å². The van der Waals surface area contributed by atoms with Crippen LogP contribution < -0.4 is 10.5 Å². The third kappa shape index (κ3) is 3.35. The molecule has 2 atom stereocenters. The molecular formula is C23H22F2N6O2. The lowest BCUT2D eigenvalue weighted by molar-refractivity contribution is -0.0494. The molecule has 1 aliphatic carbocycles. The summed E-state index contributed by atoms with van der Waals surface area (Å²) in [7, 11) is 1.64. The normalized spacial score (nSPS) is 23.2. The summed E-state index contributed by atoms with van der Waals surface area (Å²) in [5.41, 5.74) is 2.85. The molecule has 1 amide bonds. The molecule has 3 aromatic rings. The van der Waals surface area contributed by atoms with Gasteiger partial charge in [-0.05, 0) is 36.0 Å². The van der Waals surface area contributed by atoms with Gasteiger partial charge in [-0.1, -0.05) is 0 Å². The highest BCUT2D eigenvalue weighted by atomic mass is 19.3. The predicted octanol–water partition coefficient (Wildman–Crippen LogP) is 2.85. The first-order chi connectivity index (χ1) is 15.8. The molecule has 2 aliphatic heterocycles. The van der Waals surface area contributed by atoms with E-state index in [2.05, 4.69) is 19.9 Å². The molecule has 0 N–H and O–H groups in total. The summed E-state index contributed by atoms with van der Waals surface area (Å²) in [5.74, 6) is -1.38. The highest BCUT2D eigenvalue weighted by Crippen LogP contribution is 2.55. The van der Waals surface area contributed by atoms with Gasteiger partial charge >= 0.3 is 0 Å². The van der Waals surface area contributed by atoms with E-state index in [-0.39, 0.29) is 37.4 Å². The number of anilines is 2. The number of rotatable bonds is 2. The summed E-state index contributed by atoms with van der Waals surface area (Å²) in [6.07, 6.45) is 5.07. The number of fused-ring (bicyclic) bond motifs is 4. The first-order valence-electron chi connectivity index (χ1n) is 11.1. The van der Waals surface area contributed by atoms with E-state index in [1.807, 2.05) is 12.1 Å². The summed E-state index contributed by atoms with van der Waals surface area (Å²) < 4.78 is 28.4. The number of hydrogen-bond donors (Lipinski definition) is 0. The Labute approximate surface area is 187 Å². The molecule has 0 radical (unpaired) electrons. The van der Waals surface area contributed by atoms with Gasteiger partial charge in [-0.25, -0.2) is 23.7 Å². The van der Waals surface area contributed by atoms with Crippen molar-refractivity contribution < 1.29 is 13.6 Å². The predicted molar refractivity (Wildman–Crippen MR) is 117 cm³/mol. The topological polar surface area (TPSA) is 84.2 Å². The molecule has 2 unspecified atom stereocenters. The monoisotopic (exact) mass is 452 g/mol. The zero-order valence-corrected chi connectivity index (χ0v) is 18.0. The van der Waals surface area contributed by atoms with Gasteiger partial charge < -0.3 is 14.4 Å². The minimum absolute atomic E-state index is 0.0519. The van der Waals surface area contributed by atoms with Crippen LogP contribution in [0.25, 0.3) is 11.0 Å². The SMILES string of the molecule is Cn1cnc2cc(N3CC4CC4c4cc(C(=O)N5CCC(F)(F)CC5)cnc43)cnc2c1=O. The van der Waals surface area contributed by atoms with Gasteiger partial charge in [0.15, 0.2) is 5.52 Å². The Morgan fingerprint density at radius 2 is 1.91 bits per heavy atom. The zero-order chi connectivity index (χ0) is 22.9. The average Bonchev–Trinajstić information content (AvgIpc) is 3.60. The van der Waals surface area contributed by atoms with Crippen molar-refractivity contribution in [2.75, 3.05) is 24.5 Å². The van der Waals surface area contributed by atoms with Crippen molar-refractivity contribution in [2.24, 2.45) is 13.0 Å². The molecule has 6 rings (SSSR count). The average molecular weight is 452 g/mol. The summed E-state index contributed by atoms with van der Waals surface area (Å²) in [4.78, 5) is 42.1. The number of hydrogen-bond acceptors (Lipinski definition) is 6. The molecule has 0 spiro atoms. The van der Waals surface area contributed by atoms with Crippen LogP contribution in [0.15, 0.2) is 35.6 Å². The number of likely N-dealkylation sites (tertiary alicyclic amines) is 1. The van der Waals surface area contributed by atoms with Crippen LogP contribution in [-0.4, -0.2) is 55.9 Å². The van der Waals surface area contributed by atoms with Crippen molar-refractivity contribution in [3.05, 3.63) is 52.3 Å². The Balaban J connectivity index is 1.33. The van der Waals surface area contributed by atoms with Crippen LogP contribution in [0.2, 0.25) is 0 Å². The maximum atomic E-state index is 13.5. The molecule has 33 heavy (non-hydrogen) atoms. The second-order valence-electron chi connectivity index (χ2n) is 9.22. The number of aromatic nitrogens is 4. The number of carbonyl (C=O) groups excluding carboxylic acids is 1. The van der Waals surface area contributed by atoms with Crippen LogP contribution >= 0.6 is 0 Å². The van der Waals surface area contributed by atoms with E-state index in [1.165, 1.54) is 22.0 Å². The quantitative estimate of drug-likeness (QED) is 0.595. The number of pyridine rings is 2. The van der Waals surface area contributed by atoms with Crippen LogP contribution in [0, 0.1) is 5.92 Å². The Kier molecular flexibility index (Phi) is 4.30. The minimum Gasteiger partial charge on any atom is -0.338 e. The van der Waals surface area contributed by atoms with Crippen molar-refractivity contribution in [1.29, 1.82) is 0 Å². The zero-order valence-electron chi connectivity index (χ0n) is 18.0. The molecule has 5 heterocycles. The highest BCUT2D eigenvalue weighted by molar-refractivity contribution is 5.95. The first kappa shape index (κ1) is 20.2. The summed E-state index contributed by atoms with van der Waals surface area (Å²) >= 11 is 0. The highest BCUT2D eigenvalue weighted by Gasteiger charge is 2.46. The molecule has 0 bridgehead atoms. The lowest BCUT2D eigenvalue weighted by Crippen LogP contribution is -2.42. The molecule has 0 aromatic carbocycles. The van der Waals surface area contributed by atoms with Gasteiger partial charge in [-0.2, -0.15) is 0 Å². The smallest absolute Gasteiger partial charge is 0.279 e. The maximum absolute atomic E-state index is 13.5. The maximum Gasteiger partial charge on any atom is 0.279 e. The van der Waals surface area contributed by atoms with E-state index in [9.17, 15) is 18.4 Å². The van der Waals surface area contributed by atoms with Gasteiger partial charge in [-0.15, -0.1) is 0 Å². The number of alkyl halides is 2. The number of halogens is 2. The number of aryl methyl sites for hydroxylation is 1. The third-order valence-electron chi connectivity index (χ3n) is 6.98. The van der Waals surface area contributed by atoms with Crippen molar-refractivity contribution in [3.8, 4) is 0 Å². The fourth-order valence-corrected chi connectivity index (χ4v) is 4.91. The summed E-state index contributed by atoms with van der Waals surface area (Å²) in [5, 5.41) is 0. The fraction of sp³-hybridized carbons (Fsp3) is 0.435. The molecule has 3 aliphatic rings. The van der Waals surface area contributed by atoms with Crippen molar-refractivity contribution in [1.82, 2.24) is 24.4 Å².